The van der Waals surface area contributed by atoms with E-state index in [2.05, 4.69) is 44.6 Å². The second-order valence-corrected chi connectivity index (χ2v) is 5.77. The highest BCUT2D eigenvalue weighted by Crippen LogP contribution is 2.20. The van der Waals surface area contributed by atoms with E-state index in [1.807, 2.05) is 0 Å². The second kappa shape index (κ2) is 4.52. The number of piperidine rings is 1. The van der Waals surface area contributed by atoms with E-state index < -0.39 is 0 Å². The maximum absolute atomic E-state index is 6.00. The molecule has 1 saturated heterocycles. The molecule has 2 unspecified atom stereocenters. The Morgan fingerprint density at radius 2 is 2.00 bits per heavy atom. The van der Waals surface area contributed by atoms with Gasteiger partial charge < -0.3 is 10.6 Å². The first-order valence-corrected chi connectivity index (χ1v) is 5.84. The summed E-state index contributed by atoms with van der Waals surface area (Å²) in [4.78, 5) is 7.05. The summed E-state index contributed by atoms with van der Waals surface area (Å²) in [5.74, 6) is 0.796. The molecule has 0 aromatic carbocycles. The third kappa shape index (κ3) is 3.49. The second-order valence-electron chi connectivity index (χ2n) is 5.77. The Kier molecular flexibility index (Phi) is 3.77. The van der Waals surface area contributed by atoms with Crippen molar-refractivity contribution in [1.29, 1.82) is 0 Å². The quantitative estimate of drug-likeness (QED) is 0.531. The van der Waals surface area contributed by atoms with Gasteiger partial charge in [0.2, 0.25) is 0 Å². The number of nitrogens with two attached hydrogens (primary N) is 1. The molecule has 1 heterocycles. The van der Waals surface area contributed by atoms with Crippen LogP contribution in [0.4, 0.5) is 0 Å². The molecule has 0 saturated carbocycles. The molecule has 15 heavy (non-hydrogen) atoms. The molecule has 88 valence electrons. The van der Waals surface area contributed by atoms with Gasteiger partial charge in [0.25, 0.3) is 0 Å². The Balaban J connectivity index is 2.60. The maximum atomic E-state index is 6.00. The van der Waals surface area contributed by atoms with Crippen LogP contribution in [0.5, 0.6) is 0 Å². The molecule has 0 aromatic heterocycles. The minimum absolute atomic E-state index is 0.00653. The van der Waals surface area contributed by atoms with E-state index in [4.69, 9.17) is 5.73 Å². The first-order chi connectivity index (χ1) is 6.80. The van der Waals surface area contributed by atoms with Crippen molar-refractivity contribution in [2.24, 2.45) is 16.1 Å². The van der Waals surface area contributed by atoms with Crippen LogP contribution in [0.1, 0.15) is 40.5 Å². The van der Waals surface area contributed by atoms with Crippen molar-refractivity contribution in [3.8, 4) is 0 Å². The van der Waals surface area contributed by atoms with Gasteiger partial charge >= 0.3 is 0 Å². The molecule has 1 aliphatic rings. The summed E-state index contributed by atoms with van der Waals surface area (Å²) in [5, 5.41) is 0. The first kappa shape index (κ1) is 12.5. The van der Waals surface area contributed by atoms with Gasteiger partial charge in [-0.05, 0) is 26.8 Å². The predicted molar refractivity (Wildman–Crippen MR) is 66.2 cm³/mol. The minimum Gasteiger partial charge on any atom is -0.387 e. The van der Waals surface area contributed by atoms with Crippen LogP contribution in [0, 0.1) is 5.41 Å². The average Bonchev–Trinajstić information content (AvgIpc) is 2.10. The summed E-state index contributed by atoms with van der Waals surface area (Å²) in [6.45, 7) is 9.74. The number of nitrogens with zero attached hydrogens (tertiary/aromatic N) is 2. The molecule has 0 aromatic rings. The van der Waals surface area contributed by atoms with E-state index >= 15 is 0 Å². The molecule has 3 nitrogen and oxygen atoms in total. The molecule has 0 bridgehead atoms. The van der Waals surface area contributed by atoms with E-state index in [1.165, 1.54) is 0 Å². The zero-order valence-corrected chi connectivity index (χ0v) is 10.7. The minimum atomic E-state index is 0.00653. The highest BCUT2D eigenvalue weighted by Gasteiger charge is 2.24. The normalized spacial score (nSPS) is 30.6. The van der Waals surface area contributed by atoms with Gasteiger partial charge in [-0.1, -0.05) is 20.8 Å². The summed E-state index contributed by atoms with van der Waals surface area (Å²) in [6.07, 6.45) is 2.27. The summed E-state index contributed by atoms with van der Waals surface area (Å²) in [7, 11) is 2.18. The van der Waals surface area contributed by atoms with Crippen LogP contribution in [0.25, 0.3) is 0 Å². The molecule has 3 heteroatoms. The van der Waals surface area contributed by atoms with E-state index in [-0.39, 0.29) is 5.41 Å². The molecule has 1 fully saturated rings. The largest absolute Gasteiger partial charge is 0.387 e. The molecule has 0 amide bonds. The van der Waals surface area contributed by atoms with Crippen LogP contribution in [-0.4, -0.2) is 36.4 Å². The van der Waals surface area contributed by atoms with Gasteiger partial charge in [0.15, 0.2) is 0 Å². The van der Waals surface area contributed by atoms with E-state index in [9.17, 15) is 0 Å². The number of likely N-dealkylation sites (tertiary alicyclic amines) is 1. The third-order valence-corrected chi connectivity index (χ3v) is 3.27. The molecular formula is C12H25N3. The van der Waals surface area contributed by atoms with Crippen LogP contribution in [0.3, 0.4) is 0 Å². The van der Waals surface area contributed by atoms with Gasteiger partial charge in [-0.15, -0.1) is 0 Å². The summed E-state index contributed by atoms with van der Waals surface area (Å²) < 4.78 is 0. The van der Waals surface area contributed by atoms with E-state index in [0.717, 1.165) is 25.2 Å². The lowest BCUT2D eigenvalue weighted by Crippen LogP contribution is -2.40. The number of amidine groups is 1. The summed E-state index contributed by atoms with van der Waals surface area (Å²) >= 11 is 0. The Labute approximate surface area is 93.7 Å². The van der Waals surface area contributed by atoms with Gasteiger partial charge in [0.05, 0.1) is 11.9 Å². The fourth-order valence-corrected chi connectivity index (χ4v) is 1.77. The molecule has 1 aliphatic heterocycles. The zero-order valence-electron chi connectivity index (χ0n) is 10.7. The molecule has 0 aliphatic carbocycles. The Hall–Kier alpha value is -0.570. The molecular weight excluding hydrogens is 186 g/mol. The summed E-state index contributed by atoms with van der Waals surface area (Å²) in [6, 6.07) is 1.05. The lowest BCUT2D eigenvalue weighted by atomic mass is 9.94. The zero-order chi connectivity index (χ0) is 11.6. The van der Waals surface area contributed by atoms with Gasteiger partial charge in [-0.3, -0.25) is 4.99 Å². The molecule has 2 N–H and O–H groups in total. The first-order valence-electron chi connectivity index (χ1n) is 5.84. The fraction of sp³-hybridized carbons (Fsp3) is 0.917. The number of rotatable bonds is 1. The van der Waals surface area contributed by atoms with Crippen molar-refractivity contribution in [1.82, 2.24) is 4.90 Å². The van der Waals surface area contributed by atoms with Crippen molar-refractivity contribution < 1.29 is 0 Å². The highest BCUT2D eigenvalue weighted by molar-refractivity contribution is 5.85. The van der Waals surface area contributed by atoms with Crippen LogP contribution >= 0.6 is 0 Å². The van der Waals surface area contributed by atoms with Crippen molar-refractivity contribution in [2.45, 2.75) is 52.6 Å². The standard InChI is InChI=1S/C12H25N3/c1-9-8-10(6-7-15(9)5)14-11(13)12(2,3)4/h9-10H,6-8H2,1-5H3,(H2,13,14). The number of hydrogen-bond donors (Lipinski definition) is 1. The van der Waals surface area contributed by atoms with Crippen LogP contribution < -0.4 is 5.73 Å². The van der Waals surface area contributed by atoms with Crippen LogP contribution in [-0.2, 0) is 0 Å². The third-order valence-electron chi connectivity index (χ3n) is 3.27. The number of hydrogen-bond acceptors (Lipinski definition) is 2. The SMILES string of the molecule is CC1CC(N=C(N)C(C)(C)C)CCN1C. The predicted octanol–water partition coefficient (Wildman–Crippen LogP) is 1.87. The Morgan fingerprint density at radius 3 is 2.47 bits per heavy atom. The molecule has 0 spiro atoms. The van der Waals surface area contributed by atoms with E-state index in [1.54, 1.807) is 0 Å². The van der Waals surface area contributed by atoms with Gasteiger partial charge in [0, 0.05) is 18.0 Å². The van der Waals surface area contributed by atoms with Crippen molar-refractivity contribution in [3.05, 3.63) is 0 Å². The topological polar surface area (TPSA) is 41.6 Å². The smallest absolute Gasteiger partial charge is 0.0994 e. The monoisotopic (exact) mass is 211 g/mol. The van der Waals surface area contributed by atoms with Crippen LogP contribution in [0.15, 0.2) is 4.99 Å². The average molecular weight is 211 g/mol. The molecule has 1 rings (SSSR count). The van der Waals surface area contributed by atoms with Crippen molar-refractivity contribution >= 4 is 5.84 Å². The van der Waals surface area contributed by atoms with E-state index in [0.29, 0.717) is 12.1 Å². The Bertz CT molecular complexity index is 240. The molecule has 2 atom stereocenters. The van der Waals surface area contributed by atoms with Crippen LogP contribution in [0.2, 0.25) is 0 Å². The summed E-state index contributed by atoms with van der Waals surface area (Å²) in [5.41, 5.74) is 6.00. The highest BCUT2D eigenvalue weighted by atomic mass is 15.1. The van der Waals surface area contributed by atoms with Crippen molar-refractivity contribution in [3.63, 3.8) is 0 Å². The van der Waals surface area contributed by atoms with Gasteiger partial charge in [-0.25, -0.2) is 0 Å². The van der Waals surface area contributed by atoms with Gasteiger partial charge in [-0.2, -0.15) is 0 Å². The fourth-order valence-electron chi connectivity index (χ4n) is 1.77. The van der Waals surface area contributed by atoms with Crippen molar-refractivity contribution in [2.75, 3.05) is 13.6 Å². The lowest BCUT2D eigenvalue weighted by Gasteiger charge is -2.34. The Morgan fingerprint density at radius 1 is 1.40 bits per heavy atom. The maximum Gasteiger partial charge on any atom is 0.0994 e. The van der Waals surface area contributed by atoms with Gasteiger partial charge in [0.1, 0.15) is 0 Å². The lowest BCUT2D eigenvalue weighted by molar-refractivity contribution is 0.184. The number of aliphatic imine (C=N–C) groups is 1. The molecule has 0 radical (unpaired) electrons.